The van der Waals surface area contributed by atoms with Crippen LogP contribution in [0.25, 0.3) is 0 Å². The fourth-order valence-corrected chi connectivity index (χ4v) is 0. The molecule has 0 spiro atoms. The monoisotopic (exact) mass is 327 g/mol. The van der Waals surface area contributed by atoms with E-state index in [2.05, 4.69) is 68.0 Å². The summed E-state index contributed by atoms with van der Waals surface area (Å²) < 4.78 is 7.31. The molecule has 0 aromatic rings. The van der Waals surface area contributed by atoms with Gasteiger partial charge in [-0.05, 0) is 5.89 Å². The van der Waals surface area contributed by atoms with Crippen LogP contribution in [0.4, 0.5) is 0 Å². The summed E-state index contributed by atoms with van der Waals surface area (Å²) in [6, 6.07) is 0. The van der Waals surface area contributed by atoms with Crippen LogP contribution in [0.1, 0.15) is 63.7 Å². The smallest absolute Gasteiger partial charge is 0.340 e. The van der Waals surface area contributed by atoms with E-state index < -0.39 is 0 Å². The molecule has 0 saturated carbocycles. The average Bonchev–Trinajstić information content (AvgIpc) is 2.17. The fourth-order valence-electron chi connectivity index (χ4n) is 0. The zero-order chi connectivity index (χ0) is 16.4. The van der Waals surface area contributed by atoms with Crippen LogP contribution in [0.3, 0.4) is 0 Å². The van der Waals surface area contributed by atoms with Crippen LogP contribution in [-0.2, 0) is 18.6 Å². The van der Waals surface area contributed by atoms with E-state index in [0.717, 1.165) is 11.8 Å². The van der Waals surface area contributed by atoms with Crippen LogP contribution in [0.2, 0.25) is 0 Å². The Morgan fingerprint density at radius 1 is 0.737 bits per heavy atom. The SMILES string of the molecule is [3H]C(C)(C)C(C)S.[CH2-]C(C)C(C)C.[CH2-]C(C)C(C)C.[V+2]. The molecule has 0 aliphatic rings. The molecule has 0 aromatic heterocycles. The summed E-state index contributed by atoms with van der Waals surface area (Å²) in [5.74, 6) is 2.30. The molecule has 0 aromatic carbocycles. The zero-order valence-electron chi connectivity index (χ0n) is 15.7. The molecule has 0 amide bonds. The van der Waals surface area contributed by atoms with Gasteiger partial charge in [0.25, 0.3) is 0 Å². The molecule has 19 heavy (non-hydrogen) atoms. The molecule has 117 valence electrons. The van der Waals surface area contributed by atoms with Crippen molar-refractivity contribution in [2.45, 2.75) is 67.6 Å². The van der Waals surface area contributed by atoms with Crippen molar-refractivity contribution in [2.24, 2.45) is 29.6 Å². The first-order valence-electron chi connectivity index (χ1n) is 7.57. The van der Waals surface area contributed by atoms with Crippen molar-refractivity contribution in [2.75, 3.05) is 0 Å². The van der Waals surface area contributed by atoms with Gasteiger partial charge in [0.05, 0.1) is 0 Å². The Bertz CT molecular complexity index is 158. The quantitative estimate of drug-likeness (QED) is 0.464. The van der Waals surface area contributed by atoms with E-state index in [1.165, 1.54) is 0 Å². The van der Waals surface area contributed by atoms with Gasteiger partial charge in [-0.3, -0.25) is 0 Å². The number of rotatable bonds is 3. The first kappa shape index (κ1) is 24.9. The van der Waals surface area contributed by atoms with Gasteiger partial charge in [0.15, 0.2) is 0 Å². The third-order valence-corrected chi connectivity index (χ3v) is 3.63. The first-order chi connectivity index (χ1) is 8.23. The van der Waals surface area contributed by atoms with Crippen molar-refractivity contribution in [3.05, 3.63) is 13.8 Å². The van der Waals surface area contributed by atoms with Gasteiger partial charge in [0.1, 0.15) is 0 Å². The Kier molecular flexibility index (Phi) is 22.3. The van der Waals surface area contributed by atoms with E-state index in [9.17, 15) is 0 Å². The molecule has 0 saturated heterocycles. The molecule has 1 radical (unpaired) electrons. The Morgan fingerprint density at radius 3 is 0.842 bits per heavy atom. The minimum absolute atomic E-state index is 0. The zero-order valence-corrected chi connectivity index (χ0v) is 17.0. The van der Waals surface area contributed by atoms with Gasteiger partial charge in [-0.1, -0.05) is 74.1 Å². The van der Waals surface area contributed by atoms with Gasteiger partial charge in [-0.2, -0.15) is 24.5 Å². The standard InChI is InChI=1S/2C6H13.C5H12S.V/c2*1-5(2)6(3)4;1-4(2)5(3)6;/h2*5-6H,1H2,2-4H3;4-6H,1-3H3;/q2*-1;;+2/i;;4T;. The van der Waals surface area contributed by atoms with Crippen LogP contribution >= 0.6 is 12.6 Å². The molecule has 0 heterocycles. The molecule has 2 heteroatoms. The molecule has 0 bridgehead atoms. The van der Waals surface area contributed by atoms with E-state index in [4.69, 9.17) is 1.37 Å². The molecular formula is C17H38SV. The maximum Gasteiger partial charge on any atom is 2.00 e. The minimum Gasteiger partial charge on any atom is -0.340 e. The number of hydrogen-bond donors (Lipinski definition) is 1. The van der Waals surface area contributed by atoms with Crippen molar-refractivity contribution < 1.29 is 19.9 Å². The summed E-state index contributed by atoms with van der Waals surface area (Å²) in [5, 5.41) is 0.160. The molecule has 0 nitrogen and oxygen atoms in total. The molecular weight excluding hydrogens is 287 g/mol. The van der Waals surface area contributed by atoms with Gasteiger partial charge in [0.2, 0.25) is 0 Å². The second-order valence-corrected chi connectivity index (χ2v) is 6.97. The molecule has 0 N–H and O–H groups in total. The van der Waals surface area contributed by atoms with E-state index in [-0.39, 0.29) is 29.7 Å². The van der Waals surface area contributed by atoms with Crippen molar-refractivity contribution in [3.8, 4) is 0 Å². The number of hydrogen-bond acceptors (Lipinski definition) is 1. The maximum atomic E-state index is 7.31. The van der Waals surface area contributed by atoms with E-state index in [1.54, 1.807) is 0 Å². The Labute approximate surface area is 143 Å². The van der Waals surface area contributed by atoms with Crippen molar-refractivity contribution in [1.82, 2.24) is 0 Å². The molecule has 0 rings (SSSR count). The van der Waals surface area contributed by atoms with Gasteiger partial charge in [0, 0.05) is 6.62 Å². The van der Waals surface area contributed by atoms with Gasteiger partial charge < -0.3 is 13.8 Å². The van der Waals surface area contributed by atoms with Crippen LogP contribution in [-0.4, -0.2) is 5.25 Å². The predicted octanol–water partition coefficient (Wildman–Crippen LogP) is 6.18. The summed E-state index contributed by atoms with van der Waals surface area (Å²) in [6.07, 6.45) is 0. The van der Waals surface area contributed by atoms with E-state index in [0.29, 0.717) is 11.8 Å². The summed E-state index contributed by atoms with van der Waals surface area (Å²) in [6.45, 7) is 26.3. The van der Waals surface area contributed by atoms with Crippen LogP contribution in [0.5, 0.6) is 0 Å². The van der Waals surface area contributed by atoms with Crippen molar-refractivity contribution in [3.63, 3.8) is 0 Å². The minimum atomic E-state index is -0.386. The largest absolute Gasteiger partial charge is 2.00 e. The summed E-state index contributed by atoms with van der Waals surface area (Å²) in [7, 11) is 0. The topological polar surface area (TPSA) is 0 Å². The van der Waals surface area contributed by atoms with Gasteiger partial charge >= 0.3 is 18.6 Å². The summed E-state index contributed by atoms with van der Waals surface area (Å²) >= 11 is 4.09. The molecule has 0 fully saturated rings. The second-order valence-electron chi connectivity index (χ2n) is 6.20. The second kappa shape index (κ2) is 17.0. The Morgan fingerprint density at radius 2 is 0.842 bits per heavy atom. The van der Waals surface area contributed by atoms with Crippen LogP contribution in [0, 0.1) is 43.4 Å². The third-order valence-electron chi connectivity index (χ3n) is 3.11. The number of thiol groups is 1. The Balaban J connectivity index is -0.0000000941. The van der Waals surface area contributed by atoms with E-state index >= 15 is 0 Å². The Hall–Kier alpha value is 0.934. The van der Waals surface area contributed by atoms with Crippen molar-refractivity contribution >= 4 is 12.6 Å². The van der Waals surface area contributed by atoms with Gasteiger partial charge in [-0.15, -0.1) is 0 Å². The summed E-state index contributed by atoms with van der Waals surface area (Å²) in [4.78, 5) is 0. The summed E-state index contributed by atoms with van der Waals surface area (Å²) in [5.41, 5.74) is 0. The normalized spacial score (nSPS) is 16.0. The van der Waals surface area contributed by atoms with Crippen LogP contribution < -0.4 is 0 Å². The predicted molar refractivity (Wildman–Crippen MR) is 92.0 cm³/mol. The molecule has 0 aliphatic heterocycles. The first-order valence-corrected chi connectivity index (χ1v) is 7.59. The van der Waals surface area contributed by atoms with Crippen LogP contribution in [0.15, 0.2) is 0 Å². The van der Waals surface area contributed by atoms with Crippen molar-refractivity contribution in [1.29, 1.82) is 0 Å². The molecule has 3 atom stereocenters. The fraction of sp³-hybridized carbons (Fsp3) is 0.882. The molecule has 0 aliphatic carbocycles. The van der Waals surface area contributed by atoms with E-state index in [1.807, 2.05) is 20.8 Å². The van der Waals surface area contributed by atoms with Gasteiger partial charge in [-0.25, -0.2) is 0 Å². The maximum absolute atomic E-state index is 7.31. The molecule has 3 unspecified atom stereocenters. The third kappa shape index (κ3) is 32.5. The average molecular weight is 328 g/mol.